The first-order valence-electron chi connectivity index (χ1n) is 34.6. The minimum absolute atomic E-state index is 0.0706. The van der Waals surface area contributed by atoms with Gasteiger partial charge in [0.15, 0.2) is 6.10 Å². The lowest BCUT2D eigenvalue weighted by molar-refractivity contribution is -0.167. The minimum Gasteiger partial charge on any atom is -0.462 e. The molecule has 6 heteroatoms. The number of carbonyl (C=O) groups excluding carboxylic acids is 3. The molecule has 6 nitrogen and oxygen atoms in total. The van der Waals surface area contributed by atoms with E-state index in [1.54, 1.807) is 0 Å². The zero-order chi connectivity index (χ0) is 56.4. The molecule has 0 spiro atoms. The van der Waals surface area contributed by atoms with E-state index in [-0.39, 0.29) is 31.1 Å². The summed E-state index contributed by atoms with van der Waals surface area (Å²) in [6, 6.07) is 0. The Balaban J connectivity index is 4.11. The Morgan fingerprint density at radius 1 is 0.256 bits per heavy atom. The van der Waals surface area contributed by atoms with Crippen LogP contribution in [0.3, 0.4) is 0 Å². The summed E-state index contributed by atoms with van der Waals surface area (Å²) >= 11 is 0. The van der Waals surface area contributed by atoms with Gasteiger partial charge in [0, 0.05) is 19.3 Å². The largest absolute Gasteiger partial charge is 0.462 e. The van der Waals surface area contributed by atoms with Crippen LogP contribution in [0.4, 0.5) is 0 Å². The van der Waals surface area contributed by atoms with Crippen molar-refractivity contribution >= 4 is 17.9 Å². The van der Waals surface area contributed by atoms with Crippen LogP contribution in [0.5, 0.6) is 0 Å². The molecular formula is C72H132O6. The van der Waals surface area contributed by atoms with Gasteiger partial charge in [-0.1, -0.05) is 320 Å². The SMILES string of the molecule is CCCCCCC/C=C\C/C=C\C/C=C\CCCCCCCCCCCCC(=O)OC(COC(=O)CCCCCCCCCC)COC(=O)CCCCCCCCCCCCCCCCC/C=C\CCCCCCCCCC. The molecule has 0 aromatic rings. The molecule has 0 heterocycles. The van der Waals surface area contributed by atoms with E-state index in [2.05, 4.69) is 69.4 Å². The Morgan fingerprint density at radius 3 is 0.731 bits per heavy atom. The third kappa shape index (κ3) is 64.2. The quantitative estimate of drug-likeness (QED) is 0.0261. The van der Waals surface area contributed by atoms with Gasteiger partial charge in [0.1, 0.15) is 13.2 Å². The second-order valence-electron chi connectivity index (χ2n) is 23.4. The molecule has 0 aliphatic rings. The first-order valence-corrected chi connectivity index (χ1v) is 34.6. The van der Waals surface area contributed by atoms with E-state index in [1.165, 1.54) is 263 Å². The Kier molecular flexibility index (Phi) is 64.6. The number of hydrogen-bond acceptors (Lipinski definition) is 6. The molecule has 0 amide bonds. The monoisotopic (exact) mass is 1090 g/mol. The van der Waals surface area contributed by atoms with E-state index in [0.29, 0.717) is 19.3 Å². The molecule has 0 N–H and O–H groups in total. The van der Waals surface area contributed by atoms with Gasteiger partial charge in [0.25, 0.3) is 0 Å². The number of rotatable bonds is 64. The van der Waals surface area contributed by atoms with E-state index in [0.717, 1.165) is 70.6 Å². The molecule has 0 aromatic heterocycles. The first-order chi connectivity index (χ1) is 38.5. The highest BCUT2D eigenvalue weighted by Crippen LogP contribution is 2.18. The number of unbranched alkanes of at least 4 members (excludes halogenated alkanes) is 45. The molecule has 456 valence electrons. The Hall–Kier alpha value is -2.63. The van der Waals surface area contributed by atoms with Crippen LogP contribution in [0.25, 0.3) is 0 Å². The van der Waals surface area contributed by atoms with Crippen LogP contribution in [0.15, 0.2) is 48.6 Å². The van der Waals surface area contributed by atoms with E-state index in [1.807, 2.05) is 0 Å². The molecular weight excluding hydrogens is 961 g/mol. The molecule has 1 atom stereocenters. The van der Waals surface area contributed by atoms with Crippen molar-refractivity contribution in [3.63, 3.8) is 0 Å². The number of allylic oxidation sites excluding steroid dienone is 8. The van der Waals surface area contributed by atoms with Crippen LogP contribution in [-0.2, 0) is 28.6 Å². The van der Waals surface area contributed by atoms with Gasteiger partial charge in [-0.3, -0.25) is 14.4 Å². The lowest BCUT2D eigenvalue weighted by atomic mass is 10.0. The predicted octanol–water partition coefficient (Wildman–Crippen LogP) is 23.7. The van der Waals surface area contributed by atoms with Gasteiger partial charge in [-0.2, -0.15) is 0 Å². The van der Waals surface area contributed by atoms with Crippen molar-refractivity contribution in [2.45, 2.75) is 380 Å². The molecule has 0 radical (unpaired) electrons. The molecule has 0 fully saturated rings. The second-order valence-corrected chi connectivity index (χ2v) is 23.4. The smallest absolute Gasteiger partial charge is 0.306 e. The van der Waals surface area contributed by atoms with Crippen molar-refractivity contribution in [2.75, 3.05) is 13.2 Å². The van der Waals surface area contributed by atoms with Crippen LogP contribution in [0, 0.1) is 0 Å². The van der Waals surface area contributed by atoms with Gasteiger partial charge in [0.05, 0.1) is 0 Å². The zero-order valence-electron chi connectivity index (χ0n) is 52.5. The summed E-state index contributed by atoms with van der Waals surface area (Å²) in [6.07, 6.45) is 84.4. The highest BCUT2D eigenvalue weighted by atomic mass is 16.6. The van der Waals surface area contributed by atoms with Crippen molar-refractivity contribution in [1.82, 2.24) is 0 Å². The summed E-state index contributed by atoms with van der Waals surface area (Å²) in [7, 11) is 0. The summed E-state index contributed by atoms with van der Waals surface area (Å²) in [5.74, 6) is -0.857. The zero-order valence-corrected chi connectivity index (χ0v) is 52.5. The Bertz CT molecular complexity index is 1350. The predicted molar refractivity (Wildman–Crippen MR) is 339 cm³/mol. The van der Waals surface area contributed by atoms with Gasteiger partial charge in [0.2, 0.25) is 0 Å². The molecule has 0 aliphatic carbocycles. The number of esters is 3. The molecule has 0 aliphatic heterocycles. The fourth-order valence-corrected chi connectivity index (χ4v) is 10.3. The fourth-order valence-electron chi connectivity index (χ4n) is 10.3. The Morgan fingerprint density at radius 2 is 0.462 bits per heavy atom. The topological polar surface area (TPSA) is 78.9 Å². The molecule has 0 rings (SSSR count). The molecule has 1 unspecified atom stereocenters. The lowest BCUT2D eigenvalue weighted by Crippen LogP contribution is -2.30. The molecule has 0 aromatic carbocycles. The van der Waals surface area contributed by atoms with Crippen LogP contribution < -0.4 is 0 Å². The fraction of sp³-hybridized carbons (Fsp3) is 0.847. The van der Waals surface area contributed by atoms with Crippen molar-refractivity contribution in [2.24, 2.45) is 0 Å². The number of hydrogen-bond donors (Lipinski definition) is 0. The number of carbonyl (C=O) groups is 3. The van der Waals surface area contributed by atoms with E-state index in [9.17, 15) is 14.4 Å². The average molecular weight is 1090 g/mol. The summed E-state index contributed by atoms with van der Waals surface area (Å²) in [5, 5.41) is 0. The molecule has 0 saturated heterocycles. The highest BCUT2D eigenvalue weighted by Gasteiger charge is 2.19. The van der Waals surface area contributed by atoms with Gasteiger partial charge in [-0.05, 0) is 83.5 Å². The van der Waals surface area contributed by atoms with Crippen molar-refractivity contribution in [3.8, 4) is 0 Å². The summed E-state index contributed by atoms with van der Waals surface area (Å²) in [6.45, 7) is 6.65. The maximum absolute atomic E-state index is 12.9. The first kappa shape index (κ1) is 75.4. The summed E-state index contributed by atoms with van der Waals surface area (Å²) in [5.41, 5.74) is 0. The highest BCUT2D eigenvalue weighted by molar-refractivity contribution is 5.71. The molecule has 0 bridgehead atoms. The van der Waals surface area contributed by atoms with Gasteiger partial charge in [-0.25, -0.2) is 0 Å². The summed E-state index contributed by atoms with van der Waals surface area (Å²) < 4.78 is 16.9. The normalized spacial score (nSPS) is 12.3. The minimum atomic E-state index is -0.772. The van der Waals surface area contributed by atoms with Gasteiger partial charge >= 0.3 is 17.9 Å². The van der Waals surface area contributed by atoms with Crippen molar-refractivity contribution in [1.29, 1.82) is 0 Å². The van der Waals surface area contributed by atoms with E-state index < -0.39 is 6.10 Å². The summed E-state index contributed by atoms with van der Waals surface area (Å²) in [4.78, 5) is 38.2. The van der Waals surface area contributed by atoms with Crippen molar-refractivity contribution < 1.29 is 28.6 Å². The third-order valence-corrected chi connectivity index (χ3v) is 15.6. The van der Waals surface area contributed by atoms with Crippen LogP contribution in [0.1, 0.15) is 374 Å². The van der Waals surface area contributed by atoms with Gasteiger partial charge in [-0.15, -0.1) is 0 Å². The maximum Gasteiger partial charge on any atom is 0.306 e. The van der Waals surface area contributed by atoms with Crippen molar-refractivity contribution in [3.05, 3.63) is 48.6 Å². The molecule has 78 heavy (non-hydrogen) atoms. The lowest BCUT2D eigenvalue weighted by Gasteiger charge is -2.18. The average Bonchev–Trinajstić information content (AvgIpc) is 3.44. The maximum atomic E-state index is 12.9. The van der Waals surface area contributed by atoms with Gasteiger partial charge < -0.3 is 14.2 Å². The number of ether oxygens (including phenoxy) is 3. The van der Waals surface area contributed by atoms with E-state index >= 15 is 0 Å². The van der Waals surface area contributed by atoms with E-state index in [4.69, 9.17) is 14.2 Å². The third-order valence-electron chi connectivity index (χ3n) is 15.6. The second kappa shape index (κ2) is 66.9. The van der Waals surface area contributed by atoms with Crippen LogP contribution >= 0.6 is 0 Å². The molecule has 0 saturated carbocycles. The standard InChI is InChI=1S/C72H132O6/c1-4-7-10-13-16-19-21-23-25-27-29-31-33-35-36-38-39-41-43-45-47-49-51-53-56-59-62-65-71(74)77-68-69(67-76-70(73)64-61-58-55-18-15-12-9-6-3)78-72(75)66-63-60-57-54-52-50-48-46-44-42-40-37-34-32-30-28-26-24-22-20-17-14-11-8-5-2/h22,24,27-30,34,37,69H,4-21,23,25-26,31-33,35-36,38-68H2,1-3H3/b24-22-,29-27-,30-28-,37-34-. The van der Waals surface area contributed by atoms with Crippen LogP contribution in [0.2, 0.25) is 0 Å². The van der Waals surface area contributed by atoms with Crippen LogP contribution in [-0.4, -0.2) is 37.2 Å². The Labute approximate surface area is 486 Å².